The van der Waals surface area contributed by atoms with Crippen LogP contribution in [0.5, 0.6) is 0 Å². The summed E-state index contributed by atoms with van der Waals surface area (Å²) in [5.41, 5.74) is 3.12. The highest BCUT2D eigenvalue weighted by molar-refractivity contribution is 6.02. The topological polar surface area (TPSA) is 73.4 Å². The summed E-state index contributed by atoms with van der Waals surface area (Å²) >= 11 is 0. The lowest BCUT2D eigenvalue weighted by Gasteiger charge is -2.34. The highest BCUT2D eigenvalue weighted by atomic mass is 16.1. The molecule has 0 atom stereocenters. The van der Waals surface area contributed by atoms with Gasteiger partial charge in [0.1, 0.15) is 5.69 Å². The maximum atomic E-state index is 12.4. The molecule has 3 aromatic rings. The third-order valence-electron chi connectivity index (χ3n) is 4.91. The van der Waals surface area contributed by atoms with Gasteiger partial charge in [-0.2, -0.15) is 0 Å². The van der Waals surface area contributed by atoms with Crippen LogP contribution in [0.2, 0.25) is 0 Å². The second-order valence-electron chi connectivity index (χ2n) is 7.05. The van der Waals surface area contributed by atoms with Crippen molar-refractivity contribution in [1.29, 1.82) is 0 Å². The van der Waals surface area contributed by atoms with Crippen LogP contribution in [0.15, 0.2) is 66.9 Å². The standard InChI is InChI=1S/C22H24N6O/c1-27-13-15-28(16-14-27)19-9-7-18(8-10-19)25-22-23-12-11-20(26-22)21(29)24-17-5-3-2-4-6-17/h2-12H,13-16H2,1H3,(H,24,29)(H,23,25,26). The SMILES string of the molecule is CN1CCN(c2ccc(Nc3nccc(C(=O)Nc4ccccc4)n3)cc2)CC1. The van der Waals surface area contributed by atoms with Gasteiger partial charge in [-0.05, 0) is 49.5 Å². The van der Waals surface area contributed by atoms with Crippen molar-refractivity contribution >= 4 is 28.9 Å². The van der Waals surface area contributed by atoms with Crippen molar-refractivity contribution in [2.24, 2.45) is 0 Å². The minimum Gasteiger partial charge on any atom is -0.369 e. The fourth-order valence-electron chi connectivity index (χ4n) is 3.21. The lowest BCUT2D eigenvalue weighted by Crippen LogP contribution is -2.44. The first-order chi connectivity index (χ1) is 14.2. The number of nitrogens with one attached hydrogen (secondary N) is 2. The zero-order valence-electron chi connectivity index (χ0n) is 16.4. The van der Waals surface area contributed by atoms with Crippen LogP contribution in [0.3, 0.4) is 0 Å². The van der Waals surface area contributed by atoms with Gasteiger partial charge >= 0.3 is 0 Å². The Labute approximate surface area is 170 Å². The molecule has 1 amide bonds. The first-order valence-electron chi connectivity index (χ1n) is 9.67. The largest absolute Gasteiger partial charge is 0.369 e. The van der Waals surface area contributed by atoms with Crippen LogP contribution in [0.1, 0.15) is 10.5 Å². The smallest absolute Gasteiger partial charge is 0.274 e. The third-order valence-corrected chi connectivity index (χ3v) is 4.91. The summed E-state index contributed by atoms with van der Waals surface area (Å²) < 4.78 is 0. The van der Waals surface area contributed by atoms with E-state index in [1.54, 1.807) is 12.3 Å². The van der Waals surface area contributed by atoms with Gasteiger partial charge in [0.05, 0.1) is 0 Å². The lowest BCUT2D eigenvalue weighted by atomic mass is 10.2. The second-order valence-corrected chi connectivity index (χ2v) is 7.05. The van der Waals surface area contributed by atoms with Crippen LogP contribution < -0.4 is 15.5 Å². The number of benzene rings is 2. The zero-order valence-corrected chi connectivity index (χ0v) is 16.4. The van der Waals surface area contributed by atoms with Crippen molar-refractivity contribution in [3.8, 4) is 0 Å². The molecule has 4 rings (SSSR count). The molecule has 1 aromatic heterocycles. The summed E-state index contributed by atoms with van der Waals surface area (Å²) in [4.78, 5) is 25.7. The molecular formula is C22H24N6O. The summed E-state index contributed by atoms with van der Waals surface area (Å²) in [6, 6.07) is 19.1. The maximum Gasteiger partial charge on any atom is 0.274 e. The summed E-state index contributed by atoms with van der Waals surface area (Å²) in [5.74, 6) is 0.116. The monoisotopic (exact) mass is 388 g/mol. The Morgan fingerprint density at radius 2 is 1.62 bits per heavy atom. The van der Waals surface area contributed by atoms with E-state index in [0.29, 0.717) is 11.6 Å². The molecule has 0 spiro atoms. The summed E-state index contributed by atoms with van der Waals surface area (Å²) in [5, 5.41) is 6.00. The Morgan fingerprint density at radius 3 is 2.34 bits per heavy atom. The number of aromatic nitrogens is 2. The molecule has 29 heavy (non-hydrogen) atoms. The Balaban J connectivity index is 1.40. The van der Waals surface area contributed by atoms with E-state index in [-0.39, 0.29) is 5.91 Å². The fraction of sp³-hybridized carbons (Fsp3) is 0.227. The van der Waals surface area contributed by atoms with Crippen molar-refractivity contribution in [1.82, 2.24) is 14.9 Å². The van der Waals surface area contributed by atoms with Gasteiger partial charge in [0.2, 0.25) is 5.95 Å². The summed E-state index contributed by atoms with van der Waals surface area (Å²) in [7, 11) is 2.15. The van der Waals surface area contributed by atoms with Gasteiger partial charge in [0.25, 0.3) is 5.91 Å². The quantitative estimate of drug-likeness (QED) is 0.699. The Kier molecular flexibility index (Phi) is 5.67. The van der Waals surface area contributed by atoms with Crippen molar-refractivity contribution in [3.05, 3.63) is 72.6 Å². The normalized spacial score (nSPS) is 14.4. The van der Waals surface area contributed by atoms with E-state index in [9.17, 15) is 4.79 Å². The van der Waals surface area contributed by atoms with Crippen LogP contribution in [0.25, 0.3) is 0 Å². The van der Waals surface area contributed by atoms with Crippen LogP contribution in [-0.2, 0) is 0 Å². The van der Waals surface area contributed by atoms with E-state index in [0.717, 1.165) is 37.6 Å². The predicted molar refractivity (Wildman–Crippen MR) is 116 cm³/mol. The minimum atomic E-state index is -0.271. The first kappa shape index (κ1) is 18.9. The average molecular weight is 388 g/mol. The van der Waals surface area contributed by atoms with Crippen molar-refractivity contribution < 1.29 is 4.79 Å². The molecule has 2 N–H and O–H groups in total. The van der Waals surface area contributed by atoms with E-state index >= 15 is 0 Å². The third kappa shape index (κ3) is 4.89. The van der Waals surface area contributed by atoms with Crippen LogP contribution in [0, 0.1) is 0 Å². The molecule has 0 saturated carbocycles. The van der Waals surface area contributed by atoms with Gasteiger partial charge in [-0.3, -0.25) is 4.79 Å². The van der Waals surface area contributed by atoms with Crippen molar-refractivity contribution in [2.45, 2.75) is 0 Å². The predicted octanol–water partition coefficient (Wildman–Crippen LogP) is 3.22. The highest BCUT2D eigenvalue weighted by Crippen LogP contribution is 2.21. The summed E-state index contributed by atoms with van der Waals surface area (Å²) in [6.45, 7) is 4.22. The number of para-hydroxylation sites is 1. The second kappa shape index (κ2) is 8.70. The number of piperazine rings is 1. The number of nitrogens with zero attached hydrogens (tertiary/aromatic N) is 4. The highest BCUT2D eigenvalue weighted by Gasteiger charge is 2.14. The number of hydrogen-bond acceptors (Lipinski definition) is 6. The molecular weight excluding hydrogens is 364 g/mol. The minimum absolute atomic E-state index is 0.271. The Hall–Kier alpha value is -3.45. The molecule has 7 nitrogen and oxygen atoms in total. The van der Waals surface area contributed by atoms with Crippen LogP contribution >= 0.6 is 0 Å². The fourth-order valence-corrected chi connectivity index (χ4v) is 3.21. The van der Waals surface area contributed by atoms with Crippen molar-refractivity contribution in [2.75, 3.05) is 48.8 Å². The van der Waals surface area contributed by atoms with E-state index in [4.69, 9.17) is 0 Å². The zero-order chi connectivity index (χ0) is 20.1. The van der Waals surface area contributed by atoms with Gasteiger partial charge < -0.3 is 20.4 Å². The molecule has 7 heteroatoms. The molecule has 0 unspecified atom stereocenters. The molecule has 1 aliphatic rings. The number of rotatable bonds is 5. The number of hydrogen-bond donors (Lipinski definition) is 2. The van der Waals surface area contributed by atoms with Gasteiger partial charge in [0, 0.05) is 49.4 Å². The molecule has 0 radical (unpaired) electrons. The molecule has 2 aromatic carbocycles. The average Bonchev–Trinajstić information content (AvgIpc) is 2.76. The Morgan fingerprint density at radius 1 is 0.897 bits per heavy atom. The molecule has 1 fully saturated rings. The summed E-state index contributed by atoms with van der Waals surface area (Å²) in [6.07, 6.45) is 1.58. The maximum absolute atomic E-state index is 12.4. The first-order valence-corrected chi connectivity index (χ1v) is 9.67. The number of likely N-dealkylation sites (N-methyl/N-ethyl adjacent to an activating group) is 1. The van der Waals surface area contributed by atoms with Crippen LogP contribution in [0.4, 0.5) is 23.0 Å². The van der Waals surface area contributed by atoms with E-state index in [1.165, 1.54) is 5.69 Å². The number of amides is 1. The molecule has 0 aliphatic carbocycles. The van der Waals surface area contributed by atoms with Crippen LogP contribution in [-0.4, -0.2) is 54.0 Å². The van der Waals surface area contributed by atoms with Gasteiger partial charge in [0.15, 0.2) is 0 Å². The number of anilines is 4. The molecule has 0 bridgehead atoms. The van der Waals surface area contributed by atoms with Gasteiger partial charge in [-0.25, -0.2) is 9.97 Å². The van der Waals surface area contributed by atoms with Gasteiger partial charge in [-0.1, -0.05) is 18.2 Å². The number of carbonyl (C=O) groups is 1. The van der Waals surface area contributed by atoms with E-state index in [1.807, 2.05) is 42.5 Å². The van der Waals surface area contributed by atoms with E-state index < -0.39 is 0 Å². The molecule has 1 saturated heterocycles. The lowest BCUT2D eigenvalue weighted by molar-refractivity contribution is 0.102. The number of carbonyl (C=O) groups excluding carboxylic acids is 1. The molecule has 2 heterocycles. The van der Waals surface area contributed by atoms with E-state index in [2.05, 4.69) is 49.6 Å². The molecule has 148 valence electrons. The van der Waals surface area contributed by atoms with Gasteiger partial charge in [-0.15, -0.1) is 0 Å². The van der Waals surface area contributed by atoms with Crippen molar-refractivity contribution in [3.63, 3.8) is 0 Å². The Bertz CT molecular complexity index is 953. The molecule has 1 aliphatic heterocycles.